The number of rotatable bonds is 8. The Morgan fingerprint density at radius 3 is 3.04 bits per heavy atom. The molecular formula is C19H24N6O2S. The van der Waals surface area contributed by atoms with Gasteiger partial charge in [-0.1, -0.05) is 18.9 Å². The normalized spacial score (nSPS) is 18.8. The van der Waals surface area contributed by atoms with Crippen molar-refractivity contribution >= 4 is 34.6 Å². The zero-order valence-corrected chi connectivity index (χ0v) is 16.7. The molecule has 0 bridgehead atoms. The largest absolute Gasteiger partial charge is 0.443 e. The van der Waals surface area contributed by atoms with Crippen LogP contribution < -0.4 is 15.4 Å². The second-order valence-corrected chi connectivity index (χ2v) is 7.81. The molecule has 3 aromatic heterocycles. The number of aromatic nitrogens is 3. The highest BCUT2D eigenvalue weighted by Crippen LogP contribution is 2.36. The van der Waals surface area contributed by atoms with E-state index < -0.39 is 0 Å². The number of carbonyl (C=O) groups excluding carboxylic acids is 1. The number of nitrogens with zero attached hydrogens (tertiary/aromatic N) is 2. The molecule has 1 aliphatic rings. The molecule has 4 N–H and O–H groups in total. The monoisotopic (exact) mass is 400 g/mol. The summed E-state index contributed by atoms with van der Waals surface area (Å²) in [5, 5.41) is 7.17. The lowest BCUT2D eigenvalue weighted by Gasteiger charge is -2.37. The average molecular weight is 401 g/mol. The molecule has 0 aliphatic heterocycles. The van der Waals surface area contributed by atoms with Gasteiger partial charge in [-0.05, 0) is 25.3 Å². The van der Waals surface area contributed by atoms with E-state index in [1.54, 1.807) is 25.2 Å². The van der Waals surface area contributed by atoms with E-state index in [9.17, 15) is 4.79 Å². The van der Waals surface area contributed by atoms with Crippen LogP contribution in [0.4, 0.5) is 5.69 Å². The third kappa shape index (κ3) is 3.72. The third-order valence-electron chi connectivity index (χ3n) is 4.82. The fourth-order valence-corrected chi connectivity index (χ4v) is 4.02. The van der Waals surface area contributed by atoms with Crippen molar-refractivity contribution in [3.8, 4) is 11.5 Å². The van der Waals surface area contributed by atoms with Gasteiger partial charge in [0.1, 0.15) is 11.9 Å². The number of hydrogen-bond acceptors (Lipinski definition) is 7. The molecule has 3 heterocycles. The zero-order valence-electron chi connectivity index (χ0n) is 15.9. The predicted molar refractivity (Wildman–Crippen MR) is 111 cm³/mol. The average Bonchev–Trinajstić information content (AvgIpc) is 3.34. The Hall–Kier alpha value is -2.52. The summed E-state index contributed by atoms with van der Waals surface area (Å²) < 4.78 is 9.10. The smallest absolute Gasteiger partial charge is 0.272 e. The van der Waals surface area contributed by atoms with Crippen LogP contribution in [0.3, 0.4) is 0 Å². The number of amides is 1. The van der Waals surface area contributed by atoms with Crippen LogP contribution in [0.25, 0.3) is 22.5 Å². The molecule has 0 unspecified atom stereocenters. The van der Waals surface area contributed by atoms with Crippen molar-refractivity contribution in [2.24, 2.45) is 0 Å². The fraction of sp³-hybridized carbons (Fsp3) is 0.421. The second-order valence-electron chi connectivity index (χ2n) is 6.88. The quantitative estimate of drug-likeness (QED) is 0.340. The van der Waals surface area contributed by atoms with Crippen molar-refractivity contribution in [3.63, 3.8) is 0 Å². The maximum absolute atomic E-state index is 11.8. The summed E-state index contributed by atoms with van der Waals surface area (Å²) in [6, 6.07) is 2.89. The van der Waals surface area contributed by atoms with E-state index >= 15 is 0 Å². The molecule has 0 saturated heterocycles. The Bertz CT molecular complexity index is 962. The van der Waals surface area contributed by atoms with Gasteiger partial charge in [0, 0.05) is 42.7 Å². The molecular weight excluding hydrogens is 376 g/mol. The van der Waals surface area contributed by atoms with Gasteiger partial charge in [-0.25, -0.2) is 9.97 Å². The van der Waals surface area contributed by atoms with Crippen molar-refractivity contribution in [1.82, 2.24) is 25.0 Å². The molecule has 1 saturated carbocycles. The molecule has 4 rings (SSSR count). The van der Waals surface area contributed by atoms with Gasteiger partial charge in [-0.2, -0.15) is 0 Å². The van der Waals surface area contributed by atoms with Gasteiger partial charge in [0.15, 0.2) is 5.69 Å². The Morgan fingerprint density at radius 1 is 1.39 bits per heavy atom. The van der Waals surface area contributed by atoms with Gasteiger partial charge < -0.3 is 20.0 Å². The minimum absolute atomic E-state index is 0.249. The van der Waals surface area contributed by atoms with Gasteiger partial charge in [-0.3, -0.25) is 9.52 Å². The standard InChI is InChI=1S/C19H24N6O2S/c1-3-6-28-25-12-7-11(8-12)23-16-13-4-5-21-17(13)22-9-14(16)19-24-15(10-27-19)18(26)20-2/h4-5,9-12,25H,3,6-8H2,1-2H3,(H,20,26)(H2,21,22,23). The van der Waals surface area contributed by atoms with Crippen molar-refractivity contribution < 1.29 is 9.21 Å². The summed E-state index contributed by atoms with van der Waals surface area (Å²) >= 11 is 1.80. The van der Waals surface area contributed by atoms with Crippen molar-refractivity contribution in [1.29, 1.82) is 0 Å². The summed E-state index contributed by atoms with van der Waals surface area (Å²) in [6.45, 7) is 2.19. The van der Waals surface area contributed by atoms with E-state index in [1.165, 1.54) is 12.7 Å². The summed E-state index contributed by atoms with van der Waals surface area (Å²) in [5.74, 6) is 1.23. The molecule has 3 aromatic rings. The number of pyridine rings is 1. The Morgan fingerprint density at radius 2 is 2.25 bits per heavy atom. The fourth-order valence-electron chi connectivity index (χ4n) is 3.27. The van der Waals surface area contributed by atoms with Crippen LogP contribution in [-0.4, -0.2) is 45.7 Å². The number of nitrogens with one attached hydrogen (secondary N) is 4. The first-order valence-electron chi connectivity index (χ1n) is 9.47. The highest BCUT2D eigenvalue weighted by molar-refractivity contribution is 7.97. The molecule has 0 atom stereocenters. The van der Waals surface area contributed by atoms with Crippen LogP contribution in [0.5, 0.6) is 0 Å². The van der Waals surface area contributed by atoms with Crippen LogP contribution in [0.15, 0.2) is 29.1 Å². The topological polar surface area (TPSA) is 108 Å². The zero-order chi connectivity index (χ0) is 19.5. The Balaban J connectivity index is 1.55. The van der Waals surface area contributed by atoms with Crippen LogP contribution in [0, 0.1) is 0 Å². The summed E-state index contributed by atoms with van der Waals surface area (Å²) in [4.78, 5) is 23.7. The van der Waals surface area contributed by atoms with Crippen LogP contribution in [0.2, 0.25) is 0 Å². The maximum atomic E-state index is 11.8. The highest BCUT2D eigenvalue weighted by atomic mass is 32.2. The van der Waals surface area contributed by atoms with Gasteiger partial charge in [-0.15, -0.1) is 0 Å². The summed E-state index contributed by atoms with van der Waals surface area (Å²) in [6.07, 6.45) is 8.25. The molecule has 9 heteroatoms. The summed E-state index contributed by atoms with van der Waals surface area (Å²) in [5.41, 5.74) is 2.73. The van der Waals surface area contributed by atoms with Crippen molar-refractivity contribution in [3.05, 3.63) is 30.4 Å². The Kier molecular flexibility index (Phi) is 5.54. The van der Waals surface area contributed by atoms with Gasteiger partial charge in [0.2, 0.25) is 5.89 Å². The molecule has 1 amide bonds. The minimum Gasteiger partial charge on any atom is -0.443 e. The number of anilines is 1. The molecule has 0 spiro atoms. The van der Waals surface area contributed by atoms with Crippen LogP contribution in [0.1, 0.15) is 36.7 Å². The SMILES string of the molecule is CCCSNC1CC(Nc2c(-c3nc(C(=O)NC)co3)cnc3[nH]ccc23)C1. The molecule has 1 aliphatic carbocycles. The third-order valence-corrected chi connectivity index (χ3v) is 5.94. The molecule has 8 nitrogen and oxygen atoms in total. The van der Waals surface area contributed by atoms with E-state index in [4.69, 9.17) is 4.42 Å². The van der Waals surface area contributed by atoms with Gasteiger partial charge in [0.25, 0.3) is 5.91 Å². The summed E-state index contributed by atoms with van der Waals surface area (Å²) in [7, 11) is 1.57. The molecule has 0 aromatic carbocycles. The first-order chi connectivity index (χ1) is 13.7. The van der Waals surface area contributed by atoms with E-state index in [-0.39, 0.29) is 11.6 Å². The number of hydrogen-bond donors (Lipinski definition) is 4. The highest BCUT2D eigenvalue weighted by Gasteiger charge is 2.30. The molecule has 28 heavy (non-hydrogen) atoms. The Labute approximate surface area is 167 Å². The lowest BCUT2D eigenvalue weighted by atomic mass is 9.87. The number of aromatic amines is 1. The minimum atomic E-state index is -0.280. The first kappa shape index (κ1) is 18.8. The van der Waals surface area contributed by atoms with E-state index in [0.29, 0.717) is 18.0 Å². The molecule has 148 valence electrons. The van der Waals surface area contributed by atoms with Crippen molar-refractivity contribution in [2.45, 2.75) is 38.3 Å². The first-order valence-corrected chi connectivity index (χ1v) is 10.5. The van der Waals surface area contributed by atoms with E-state index in [0.717, 1.165) is 40.9 Å². The predicted octanol–water partition coefficient (Wildman–Crippen LogP) is 3.17. The lowest BCUT2D eigenvalue weighted by Crippen LogP contribution is -2.45. The van der Waals surface area contributed by atoms with Crippen LogP contribution >= 0.6 is 11.9 Å². The second kappa shape index (κ2) is 8.24. The van der Waals surface area contributed by atoms with E-state index in [1.807, 2.05) is 12.3 Å². The molecule has 1 fully saturated rings. The van der Waals surface area contributed by atoms with Gasteiger partial charge in [0.05, 0.1) is 11.3 Å². The number of carbonyl (C=O) groups is 1. The van der Waals surface area contributed by atoms with Gasteiger partial charge >= 0.3 is 0 Å². The lowest BCUT2D eigenvalue weighted by molar-refractivity contribution is 0.0958. The van der Waals surface area contributed by atoms with E-state index in [2.05, 4.69) is 37.2 Å². The number of H-pyrrole nitrogens is 1. The number of fused-ring (bicyclic) bond motifs is 1. The van der Waals surface area contributed by atoms with Crippen LogP contribution in [-0.2, 0) is 0 Å². The number of oxazole rings is 1. The maximum Gasteiger partial charge on any atom is 0.272 e. The molecule has 0 radical (unpaired) electrons. The van der Waals surface area contributed by atoms with Crippen molar-refractivity contribution in [2.75, 3.05) is 18.1 Å².